The number of carbonyl (C=O) groups is 1. The monoisotopic (exact) mass is 326 g/mol. The highest BCUT2D eigenvalue weighted by Gasteiger charge is 2.35. The van der Waals surface area contributed by atoms with Gasteiger partial charge >= 0.3 is 6.18 Å². The fourth-order valence-electron chi connectivity index (χ4n) is 2.85. The topological polar surface area (TPSA) is 62.7 Å². The Balaban J connectivity index is 1.61. The van der Waals surface area contributed by atoms with E-state index in [1.54, 1.807) is 16.8 Å². The molecule has 1 amide bonds. The van der Waals surface area contributed by atoms with Crippen molar-refractivity contribution in [3.8, 4) is 0 Å². The van der Waals surface area contributed by atoms with E-state index >= 15 is 0 Å². The fourth-order valence-corrected chi connectivity index (χ4v) is 2.85. The number of alkyl halides is 3. The van der Waals surface area contributed by atoms with Crippen LogP contribution in [0.5, 0.6) is 0 Å². The molecule has 5 nitrogen and oxygen atoms in total. The van der Waals surface area contributed by atoms with Gasteiger partial charge in [-0.1, -0.05) is 0 Å². The number of amides is 1. The number of imidazole rings is 1. The molecule has 3 heterocycles. The van der Waals surface area contributed by atoms with Crippen LogP contribution in [0.3, 0.4) is 0 Å². The Bertz CT molecular complexity index is 717. The molecular weight excluding hydrogens is 309 g/mol. The number of rotatable bonds is 3. The summed E-state index contributed by atoms with van der Waals surface area (Å²) < 4.78 is 39.6. The first kappa shape index (κ1) is 15.6. The molecule has 0 radical (unpaired) electrons. The van der Waals surface area contributed by atoms with Crippen LogP contribution < -0.4 is 5.32 Å². The molecule has 0 bridgehead atoms. The minimum absolute atomic E-state index is 0.0981. The zero-order valence-electron chi connectivity index (χ0n) is 12.6. The molecule has 0 fully saturated rings. The average molecular weight is 326 g/mol. The van der Waals surface area contributed by atoms with Crippen molar-refractivity contribution < 1.29 is 18.0 Å². The zero-order chi connectivity index (χ0) is 16.6. The summed E-state index contributed by atoms with van der Waals surface area (Å²) >= 11 is 0. The summed E-state index contributed by atoms with van der Waals surface area (Å²) in [5.74, 6) is 0.388. The lowest BCUT2D eigenvalue weighted by Crippen LogP contribution is -2.33. The molecule has 2 N–H and O–H groups in total. The van der Waals surface area contributed by atoms with Crippen LogP contribution in [0.4, 0.5) is 13.2 Å². The van der Waals surface area contributed by atoms with Crippen molar-refractivity contribution in [3.05, 3.63) is 41.2 Å². The van der Waals surface area contributed by atoms with Gasteiger partial charge in [0.05, 0.1) is 5.56 Å². The number of carbonyl (C=O) groups excluding carboxylic acids is 1. The largest absolute Gasteiger partial charge is 0.434 e. The van der Waals surface area contributed by atoms with E-state index in [9.17, 15) is 18.0 Å². The third-order valence-electron chi connectivity index (χ3n) is 4.13. The second-order valence-corrected chi connectivity index (χ2v) is 5.82. The van der Waals surface area contributed by atoms with Crippen molar-refractivity contribution in [3.63, 3.8) is 0 Å². The quantitative estimate of drug-likeness (QED) is 0.910. The van der Waals surface area contributed by atoms with Crippen LogP contribution in [0, 0.1) is 12.8 Å². The molecule has 2 aromatic heterocycles. The van der Waals surface area contributed by atoms with Gasteiger partial charge in [-0.25, -0.2) is 4.98 Å². The number of fused-ring (bicyclic) bond motifs is 1. The highest BCUT2D eigenvalue weighted by Crippen LogP contribution is 2.30. The van der Waals surface area contributed by atoms with Crippen LogP contribution in [-0.4, -0.2) is 27.0 Å². The summed E-state index contributed by atoms with van der Waals surface area (Å²) in [5, 5.41) is 2.85. The van der Waals surface area contributed by atoms with Crippen LogP contribution in [0.2, 0.25) is 0 Å². The van der Waals surface area contributed by atoms with Crippen molar-refractivity contribution >= 4 is 5.91 Å². The number of halogens is 3. The lowest BCUT2D eigenvalue weighted by atomic mass is 9.99. The Labute approximate surface area is 130 Å². The summed E-state index contributed by atoms with van der Waals surface area (Å²) in [6.07, 6.45) is -0.471. The van der Waals surface area contributed by atoms with Crippen molar-refractivity contribution in [2.75, 3.05) is 6.54 Å². The Hall–Kier alpha value is -2.25. The third-order valence-corrected chi connectivity index (χ3v) is 4.13. The molecule has 1 aliphatic rings. The van der Waals surface area contributed by atoms with Gasteiger partial charge in [-0.05, 0) is 25.3 Å². The molecule has 0 spiro atoms. The predicted molar refractivity (Wildman–Crippen MR) is 76.9 cm³/mol. The number of aryl methyl sites for hydroxylation is 2. The molecule has 0 aliphatic carbocycles. The Morgan fingerprint density at radius 3 is 2.96 bits per heavy atom. The smallest absolute Gasteiger partial charge is 0.365 e. The van der Waals surface area contributed by atoms with Crippen LogP contribution >= 0.6 is 0 Å². The Morgan fingerprint density at radius 1 is 1.52 bits per heavy atom. The minimum Gasteiger partial charge on any atom is -0.365 e. The first-order valence-electron chi connectivity index (χ1n) is 7.40. The normalized spacial score (nSPS) is 17.8. The highest BCUT2D eigenvalue weighted by atomic mass is 19.4. The number of nitrogens with zero attached hydrogens (tertiary/aromatic N) is 2. The van der Waals surface area contributed by atoms with Crippen LogP contribution in [0.25, 0.3) is 0 Å². The van der Waals surface area contributed by atoms with Crippen molar-refractivity contribution in [2.45, 2.75) is 32.5 Å². The summed E-state index contributed by atoms with van der Waals surface area (Å²) in [6.45, 7) is 2.68. The molecule has 1 aliphatic heterocycles. The Kier molecular flexibility index (Phi) is 3.91. The molecule has 2 aromatic rings. The lowest BCUT2D eigenvalue weighted by Gasteiger charge is -2.23. The summed E-state index contributed by atoms with van der Waals surface area (Å²) in [7, 11) is 0. The van der Waals surface area contributed by atoms with Gasteiger partial charge in [0.2, 0.25) is 0 Å². The van der Waals surface area contributed by atoms with Crippen molar-refractivity contribution in [1.29, 1.82) is 0 Å². The number of hydrogen-bond donors (Lipinski definition) is 2. The molecular formula is C15H17F3N4O. The van der Waals surface area contributed by atoms with E-state index in [2.05, 4.69) is 15.3 Å². The maximum atomic E-state index is 12.7. The second-order valence-electron chi connectivity index (χ2n) is 5.82. The van der Waals surface area contributed by atoms with Gasteiger partial charge in [0.15, 0.2) is 5.69 Å². The Morgan fingerprint density at radius 2 is 2.30 bits per heavy atom. The molecule has 1 atom stereocenters. The van der Waals surface area contributed by atoms with E-state index < -0.39 is 11.9 Å². The molecule has 124 valence electrons. The van der Waals surface area contributed by atoms with Gasteiger partial charge in [-0.3, -0.25) is 4.79 Å². The zero-order valence-corrected chi connectivity index (χ0v) is 12.6. The third kappa shape index (κ3) is 3.25. The van der Waals surface area contributed by atoms with Crippen LogP contribution in [-0.2, 0) is 19.1 Å². The molecule has 23 heavy (non-hydrogen) atoms. The van der Waals surface area contributed by atoms with Gasteiger partial charge < -0.3 is 14.9 Å². The van der Waals surface area contributed by atoms with Crippen LogP contribution in [0.1, 0.15) is 34.0 Å². The molecule has 0 saturated heterocycles. The summed E-state index contributed by atoms with van der Waals surface area (Å²) in [5.41, 5.74) is 0.529. The maximum Gasteiger partial charge on any atom is 0.434 e. The first-order valence-corrected chi connectivity index (χ1v) is 7.40. The maximum absolute atomic E-state index is 12.7. The van der Waals surface area contributed by atoms with E-state index in [4.69, 9.17) is 0 Å². The predicted octanol–water partition coefficient (Wildman–Crippen LogP) is 2.53. The van der Waals surface area contributed by atoms with E-state index in [1.807, 2.05) is 6.92 Å². The first-order chi connectivity index (χ1) is 10.8. The second kappa shape index (κ2) is 5.75. The molecule has 8 heteroatoms. The van der Waals surface area contributed by atoms with E-state index in [-0.39, 0.29) is 11.8 Å². The van der Waals surface area contributed by atoms with Gasteiger partial charge in [0.25, 0.3) is 5.91 Å². The van der Waals surface area contributed by atoms with E-state index in [0.29, 0.717) is 37.3 Å². The lowest BCUT2D eigenvalue weighted by molar-refractivity contribution is -0.141. The molecule has 0 saturated carbocycles. The van der Waals surface area contributed by atoms with Crippen molar-refractivity contribution in [1.82, 2.24) is 19.9 Å². The van der Waals surface area contributed by atoms with Gasteiger partial charge in [-0.2, -0.15) is 13.2 Å². The number of hydrogen-bond acceptors (Lipinski definition) is 2. The average Bonchev–Trinajstić information content (AvgIpc) is 3.09. The fraction of sp³-hybridized carbons (Fsp3) is 0.467. The molecule has 0 unspecified atom stereocenters. The number of aromatic amines is 1. The van der Waals surface area contributed by atoms with Gasteiger partial charge in [0, 0.05) is 37.6 Å². The summed E-state index contributed by atoms with van der Waals surface area (Å²) in [6, 6.07) is 1.70. The molecule has 0 aromatic carbocycles. The minimum atomic E-state index is -4.42. The van der Waals surface area contributed by atoms with Crippen molar-refractivity contribution in [2.24, 2.45) is 5.92 Å². The van der Waals surface area contributed by atoms with E-state index in [1.165, 1.54) is 0 Å². The van der Waals surface area contributed by atoms with Crippen LogP contribution in [0.15, 0.2) is 18.5 Å². The SMILES string of the molecule is Cc1[nH]ccc1C(=O)NC[C@H]1CCc2nc(C(F)(F)F)cn2C1. The van der Waals surface area contributed by atoms with E-state index in [0.717, 1.165) is 11.9 Å². The standard InChI is InChI=1S/C15H17F3N4O/c1-9-11(4-5-19-9)14(23)20-6-10-2-3-13-21-12(15(16,17)18)8-22(13)7-10/h4-5,8,10,19H,2-3,6-7H2,1H3,(H,20,23)/t10-/m1/s1. The molecule has 3 rings (SSSR count). The highest BCUT2D eigenvalue weighted by molar-refractivity contribution is 5.95. The number of H-pyrrole nitrogens is 1. The van der Waals surface area contributed by atoms with Gasteiger partial charge in [0.1, 0.15) is 5.82 Å². The number of aromatic nitrogens is 3. The number of nitrogens with one attached hydrogen (secondary N) is 2. The summed E-state index contributed by atoms with van der Waals surface area (Å²) in [4.78, 5) is 18.6. The van der Waals surface area contributed by atoms with Gasteiger partial charge in [-0.15, -0.1) is 0 Å².